The van der Waals surface area contributed by atoms with Crippen molar-refractivity contribution in [3.05, 3.63) is 57.1 Å². The molecule has 1 aliphatic rings. The van der Waals surface area contributed by atoms with Crippen molar-refractivity contribution in [2.45, 2.75) is 52.1 Å². The van der Waals surface area contributed by atoms with Crippen LogP contribution < -0.4 is 21.9 Å². The molecule has 2 aromatic heterocycles. The molecule has 1 aliphatic carbocycles. The molecule has 2 aromatic rings. The number of rotatable bonds is 7. The molecular weight excluding hydrogens is 360 g/mol. The van der Waals surface area contributed by atoms with Gasteiger partial charge < -0.3 is 10.2 Å². The van der Waals surface area contributed by atoms with Crippen LogP contribution in [0.4, 0.5) is 11.5 Å². The highest BCUT2D eigenvalue weighted by Gasteiger charge is 2.30. The van der Waals surface area contributed by atoms with Crippen LogP contribution in [-0.4, -0.2) is 15.5 Å². The minimum absolute atomic E-state index is 0.00616. The number of aromatic amines is 1. The van der Waals surface area contributed by atoms with E-state index in [0.29, 0.717) is 25.1 Å². The van der Waals surface area contributed by atoms with E-state index < -0.39 is 11.2 Å². The monoisotopic (exact) mass is 386 g/mol. The highest BCUT2D eigenvalue weighted by Crippen LogP contribution is 2.27. The smallest absolute Gasteiger partial charge is 0.330 e. The molecule has 0 aromatic carbocycles. The van der Waals surface area contributed by atoms with Gasteiger partial charge in [-0.3, -0.25) is 24.0 Å². The SMILES string of the molecule is CCCCn1c(N)c(N(Cc2ccco2)C(=O)[C@H]2CC=CCC2)c(=O)[nH]c1=O. The lowest BCUT2D eigenvalue weighted by atomic mass is 9.93. The summed E-state index contributed by atoms with van der Waals surface area (Å²) in [6.07, 6.45) is 9.26. The predicted octanol–water partition coefficient (Wildman–Crippen LogP) is 2.40. The summed E-state index contributed by atoms with van der Waals surface area (Å²) in [5.41, 5.74) is 5.00. The Bertz CT molecular complexity index is 956. The van der Waals surface area contributed by atoms with E-state index in [4.69, 9.17) is 10.2 Å². The summed E-state index contributed by atoms with van der Waals surface area (Å²) in [6.45, 7) is 2.45. The van der Waals surface area contributed by atoms with Gasteiger partial charge in [0.25, 0.3) is 5.56 Å². The average Bonchev–Trinajstić information content (AvgIpc) is 3.20. The van der Waals surface area contributed by atoms with Gasteiger partial charge in [0.15, 0.2) is 5.69 Å². The maximum Gasteiger partial charge on any atom is 0.330 e. The number of nitrogens with two attached hydrogens (primary N) is 1. The van der Waals surface area contributed by atoms with Gasteiger partial charge in [0, 0.05) is 12.5 Å². The summed E-state index contributed by atoms with van der Waals surface area (Å²) >= 11 is 0. The van der Waals surface area contributed by atoms with Gasteiger partial charge in [0.05, 0.1) is 12.8 Å². The zero-order valence-corrected chi connectivity index (χ0v) is 16.0. The molecule has 0 aliphatic heterocycles. The number of hydrogen-bond acceptors (Lipinski definition) is 5. The number of furan rings is 1. The number of H-pyrrole nitrogens is 1. The Hall–Kier alpha value is -3.03. The van der Waals surface area contributed by atoms with Gasteiger partial charge in [-0.05, 0) is 37.8 Å². The number of nitrogen functional groups attached to an aromatic ring is 1. The third-order valence-electron chi connectivity index (χ3n) is 5.00. The van der Waals surface area contributed by atoms with E-state index in [0.717, 1.165) is 19.3 Å². The van der Waals surface area contributed by atoms with Crippen LogP contribution in [0.1, 0.15) is 44.8 Å². The number of allylic oxidation sites excluding steroid dienone is 2. The molecule has 3 N–H and O–H groups in total. The van der Waals surface area contributed by atoms with E-state index in [1.54, 1.807) is 12.1 Å². The number of nitrogens with zero attached hydrogens (tertiary/aromatic N) is 2. The fraction of sp³-hybridized carbons (Fsp3) is 0.450. The minimum Gasteiger partial charge on any atom is -0.467 e. The molecule has 28 heavy (non-hydrogen) atoms. The Morgan fingerprint density at radius 2 is 2.21 bits per heavy atom. The Balaban J connectivity index is 2.06. The lowest BCUT2D eigenvalue weighted by Crippen LogP contribution is -2.43. The lowest BCUT2D eigenvalue weighted by Gasteiger charge is -2.28. The average molecular weight is 386 g/mol. The number of hydrogen-bond donors (Lipinski definition) is 2. The van der Waals surface area contributed by atoms with E-state index in [9.17, 15) is 14.4 Å². The van der Waals surface area contributed by atoms with E-state index in [-0.39, 0.29) is 29.9 Å². The molecule has 1 atom stereocenters. The van der Waals surface area contributed by atoms with Crippen molar-refractivity contribution in [3.63, 3.8) is 0 Å². The van der Waals surface area contributed by atoms with Gasteiger partial charge in [-0.2, -0.15) is 0 Å². The number of nitrogens with one attached hydrogen (secondary N) is 1. The van der Waals surface area contributed by atoms with Crippen molar-refractivity contribution in [1.82, 2.24) is 9.55 Å². The van der Waals surface area contributed by atoms with Crippen LogP contribution in [0.15, 0.2) is 44.6 Å². The number of amides is 1. The van der Waals surface area contributed by atoms with Gasteiger partial charge in [-0.1, -0.05) is 25.5 Å². The van der Waals surface area contributed by atoms with E-state index in [2.05, 4.69) is 4.98 Å². The van der Waals surface area contributed by atoms with Gasteiger partial charge in [0.2, 0.25) is 5.91 Å². The first kappa shape index (κ1) is 19.7. The van der Waals surface area contributed by atoms with Crippen LogP contribution in [0.5, 0.6) is 0 Å². The maximum atomic E-state index is 13.3. The van der Waals surface area contributed by atoms with Crippen LogP contribution >= 0.6 is 0 Å². The van der Waals surface area contributed by atoms with Crippen LogP contribution in [0.25, 0.3) is 0 Å². The first-order chi connectivity index (χ1) is 13.5. The zero-order chi connectivity index (χ0) is 20.1. The van der Waals surface area contributed by atoms with Crippen LogP contribution in [-0.2, 0) is 17.9 Å². The fourth-order valence-corrected chi connectivity index (χ4v) is 3.44. The molecule has 8 heteroatoms. The Morgan fingerprint density at radius 3 is 2.86 bits per heavy atom. The number of carbonyl (C=O) groups is 1. The molecule has 150 valence electrons. The largest absolute Gasteiger partial charge is 0.467 e. The van der Waals surface area contributed by atoms with Gasteiger partial charge in [0.1, 0.15) is 11.6 Å². The van der Waals surface area contributed by atoms with Crippen molar-refractivity contribution in [2.75, 3.05) is 10.6 Å². The summed E-state index contributed by atoms with van der Waals surface area (Å²) in [7, 11) is 0. The van der Waals surface area contributed by atoms with E-state index in [1.165, 1.54) is 15.7 Å². The summed E-state index contributed by atoms with van der Waals surface area (Å²) in [6, 6.07) is 3.45. The number of aromatic nitrogens is 2. The first-order valence-corrected chi connectivity index (χ1v) is 9.64. The van der Waals surface area contributed by atoms with Crippen molar-refractivity contribution >= 4 is 17.4 Å². The molecule has 0 radical (unpaired) electrons. The van der Waals surface area contributed by atoms with Crippen LogP contribution in [0.3, 0.4) is 0 Å². The van der Waals surface area contributed by atoms with Crippen molar-refractivity contribution in [1.29, 1.82) is 0 Å². The van der Waals surface area contributed by atoms with Crippen molar-refractivity contribution < 1.29 is 9.21 Å². The minimum atomic E-state index is -0.665. The van der Waals surface area contributed by atoms with Crippen molar-refractivity contribution in [2.24, 2.45) is 5.92 Å². The summed E-state index contributed by atoms with van der Waals surface area (Å²) in [5, 5.41) is 0. The number of carbonyl (C=O) groups excluding carboxylic acids is 1. The highest BCUT2D eigenvalue weighted by molar-refractivity contribution is 5.97. The second-order valence-corrected chi connectivity index (χ2v) is 6.98. The summed E-state index contributed by atoms with van der Waals surface area (Å²) in [4.78, 5) is 41.8. The highest BCUT2D eigenvalue weighted by atomic mass is 16.3. The van der Waals surface area contributed by atoms with E-state index >= 15 is 0 Å². The fourth-order valence-electron chi connectivity index (χ4n) is 3.44. The molecule has 0 unspecified atom stereocenters. The predicted molar refractivity (Wildman–Crippen MR) is 107 cm³/mol. The molecule has 0 saturated heterocycles. The molecule has 0 saturated carbocycles. The molecule has 8 nitrogen and oxygen atoms in total. The second-order valence-electron chi connectivity index (χ2n) is 6.98. The second kappa shape index (κ2) is 8.77. The van der Waals surface area contributed by atoms with Crippen LogP contribution in [0, 0.1) is 5.92 Å². The normalized spacial score (nSPS) is 16.2. The summed E-state index contributed by atoms with van der Waals surface area (Å²) in [5.74, 6) is 0.103. The van der Waals surface area contributed by atoms with E-state index in [1.807, 2.05) is 19.1 Å². The van der Waals surface area contributed by atoms with Crippen molar-refractivity contribution in [3.8, 4) is 0 Å². The third-order valence-corrected chi connectivity index (χ3v) is 5.00. The molecule has 0 spiro atoms. The quantitative estimate of drug-likeness (QED) is 0.709. The Kier molecular flexibility index (Phi) is 6.18. The van der Waals surface area contributed by atoms with Gasteiger partial charge >= 0.3 is 5.69 Å². The molecule has 1 amide bonds. The topological polar surface area (TPSA) is 114 Å². The van der Waals surface area contributed by atoms with Gasteiger partial charge in [-0.15, -0.1) is 0 Å². The molecule has 3 rings (SSSR count). The Morgan fingerprint density at radius 1 is 1.39 bits per heavy atom. The molecular formula is C20H26N4O4. The zero-order valence-electron chi connectivity index (χ0n) is 16.0. The molecule has 0 bridgehead atoms. The maximum absolute atomic E-state index is 13.3. The first-order valence-electron chi connectivity index (χ1n) is 9.64. The number of anilines is 2. The summed E-state index contributed by atoms with van der Waals surface area (Å²) < 4.78 is 6.71. The molecule has 2 heterocycles. The standard InChI is InChI=1S/C20H26N4O4/c1-2-3-11-23-17(21)16(18(25)22-20(23)27)24(13-15-10-7-12-28-15)19(26)14-8-5-4-6-9-14/h4-5,7,10,12,14H,2-3,6,8-9,11,13,21H2,1H3,(H,22,25,27)/t14-/m0/s1. The van der Waals surface area contributed by atoms with Gasteiger partial charge in [-0.25, -0.2) is 4.79 Å². The number of unbranched alkanes of at least 4 members (excludes halogenated alkanes) is 1. The Labute approximate surface area is 162 Å². The molecule has 0 fully saturated rings. The third kappa shape index (κ3) is 4.11. The van der Waals surface area contributed by atoms with Crippen LogP contribution in [0.2, 0.25) is 0 Å². The lowest BCUT2D eigenvalue weighted by molar-refractivity contribution is -0.122.